The predicted octanol–water partition coefficient (Wildman–Crippen LogP) is 1.15. The maximum Gasteiger partial charge on any atom is 0.345 e. The molecule has 0 amide bonds. The fourth-order valence-electron chi connectivity index (χ4n) is 0.969. The molecule has 0 spiro atoms. The Morgan fingerprint density at radius 3 is 2.47 bits per heavy atom. The van der Waals surface area contributed by atoms with Crippen LogP contribution in [0.15, 0.2) is 6.07 Å². The minimum absolute atomic E-state index is 0.266. The standard InChI is InChI=1S/C7H4F2N2O4/c8-2-1-3(11(14)15)4(7(12)13)5(9)6(2)10/h1H,10H2,(H,12,13). The number of nitrogen functional groups attached to an aromatic ring is 1. The quantitative estimate of drug-likeness (QED) is 0.440. The number of nitrogens with zero attached hydrogens (tertiary/aromatic N) is 1. The third-order valence-corrected chi connectivity index (χ3v) is 1.64. The molecule has 0 heterocycles. The van der Waals surface area contributed by atoms with Gasteiger partial charge < -0.3 is 10.8 Å². The number of rotatable bonds is 2. The number of carbonyl (C=O) groups is 1. The Morgan fingerprint density at radius 1 is 1.53 bits per heavy atom. The Morgan fingerprint density at radius 2 is 2.07 bits per heavy atom. The predicted molar refractivity (Wildman–Crippen MR) is 44.4 cm³/mol. The number of nitrogens with two attached hydrogens (primary N) is 1. The lowest BCUT2D eigenvalue weighted by Gasteiger charge is -2.03. The summed E-state index contributed by atoms with van der Waals surface area (Å²) in [4.78, 5) is 19.6. The lowest BCUT2D eigenvalue weighted by molar-refractivity contribution is -0.385. The van der Waals surface area contributed by atoms with Crippen molar-refractivity contribution in [2.75, 3.05) is 5.73 Å². The number of nitro groups is 1. The number of halogens is 2. The van der Waals surface area contributed by atoms with Crippen LogP contribution < -0.4 is 5.73 Å². The van der Waals surface area contributed by atoms with E-state index in [9.17, 15) is 23.7 Å². The van der Waals surface area contributed by atoms with E-state index in [-0.39, 0.29) is 6.07 Å². The van der Waals surface area contributed by atoms with Gasteiger partial charge in [0.25, 0.3) is 5.69 Å². The summed E-state index contributed by atoms with van der Waals surface area (Å²) in [5.74, 6) is -4.90. The van der Waals surface area contributed by atoms with E-state index in [4.69, 9.17) is 10.8 Å². The monoisotopic (exact) mass is 218 g/mol. The second-order valence-electron chi connectivity index (χ2n) is 2.54. The van der Waals surface area contributed by atoms with E-state index >= 15 is 0 Å². The SMILES string of the molecule is Nc1c(F)cc([N+](=O)[O-])c(C(=O)O)c1F. The minimum Gasteiger partial charge on any atom is -0.477 e. The molecule has 0 radical (unpaired) electrons. The Hall–Kier alpha value is -2.25. The fraction of sp³-hybridized carbons (Fsp3) is 0. The van der Waals surface area contributed by atoms with Crippen molar-refractivity contribution in [2.45, 2.75) is 0 Å². The van der Waals surface area contributed by atoms with E-state index in [2.05, 4.69) is 0 Å². The molecular formula is C7H4F2N2O4. The first-order chi connectivity index (χ1) is 6.86. The van der Waals surface area contributed by atoms with Gasteiger partial charge in [0, 0.05) is 0 Å². The number of aromatic carboxylic acids is 1. The van der Waals surface area contributed by atoms with Gasteiger partial charge in [-0.05, 0) is 0 Å². The average molecular weight is 218 g/mol. The highest BCUT2D eigenvalue weighted by molar-refractivity contribution is 5.94. The van der Waals surface area contributed by atoms with Gasteiger partial charge >= 0.3 is 5.97 Å². The average Bonchev–Trinajstić information content (AvgIpc) is 2.12. The second kappa shape index (κ2) is 3.48. The number of hydrogen-bond donors (Lipinski definition) is 2. The Balaban J connectivity index is 3.65. The molecule has 0 aromatic heterocycles. The van der Waals surface area contributed by atoms with Crippen LogP contribution in [-0.4, -0.2) is 16.0 Å². The van der Waals surface area contributed by atoms with Crippen LogP contribution in [0.5, 0.6) is 0 Å². The zero-order chi connectivity index (χ0) is 11.7. The number of hydrogen-bond acceptors (Lipinski definition) is 4. The first kappa shape index (κ1) is 10.8. The summed E-state index contributed by atoms with van der Waals surface area (Å²) in [7, 11) is 0. The summed E-state index contributed by atoms with van der Waals surface area (Å²) in [5, 5.41) is 18.8. The van der Waals surface area contributed by atoms with Crippen LogP contribution in [0.1, 0.15) is 10.4 Å². The summed E-state index contributed by atoms with van der Waals surface area (Å²) < 4.78 is 25.9. The highest BCUT2D eigenvalue weighted by atomic mass is 19.1. The molecule has 80 valence electrons. The van der Waals surface area contributed by atoms with Gasteiger partial charge in [-0.2, -0.15) is 0 Å². The maximum atomic E-state index is 13.1. The molecule has 15 heavy (non-hydrogen) atoms. The second-order valence-corrected chi connectivity index (χ2v) is 2.54. The van der Waals surface area contributed by atoms with Crippen LogP contribution in [0.2, 0.25) is 0 Å². The van der Waals surface area contributed by atoms with E-state index < -0.39 is 39.5 Å². The molecule has 0 fully saturated rings. The Labute approximate surface area is 81.1 Å². The van der Waals surface area contributed by atoms with Gasteiger partial charge in [-0.25, -0.2) is 13.6 Å². The first-order valence-electron chi connectivity index (χ1n) is 3.51. The molecule has 0 aliphatic rings. The van der Waals surface area contributed by atoms with E-state index in [1.807, 2.05) is 0 Å². The van der Waals surface area contributed by atoms with Gasteiger partial charge in [0.2, 0.25) is 0 Å². The van der Waals surface area contributed by atoms with Crippen LogP contribution in [0.4, 0.5) is 20.2 Å². The molecule has 0 saturated carbocycles. The lowest BCUT2D eigenvalue weighted by atomic mass is 10.1. The zero-order valence-corrected chi connectivity index (χ0v) is 7.03. The number of carboxylic acid groups (broad SMARTS) is 1. The summed E-state index contributed by atoms with van der Waals surface area (Å²) in [6.07, 6.45) is 0. The zero-order valence-electron chi connectivity index (χ0n) is 7.03. The van der Waals surface area contributed by atoms with Crippen LogP contribution in [0, 0.1) is 21.7 Å². The molecule has 3 N–H and O–H groups in total. The molecule has 1 aromatic rings. The van der Waals surface area contributed by atoms with Gasteiger partial charge in [-0.15, -0.1) is 0 Å². The largest absolute Gasteiger partial charge is 0.477 e. The van der Waals surface area contributed by atoms with Crippen molar-refractivity contribution >= 4 is 17.3 Å². The van der Waals surface area contributed by atoms with Gasteiger partial charge in [0.1, 0.15) is 5.69 Å². The number of benzene rings is 1. The van der Waals surface area contributed by atoms with Crippen LogP contribution in [-0.2, 0) is 0 Å². The topological polar surface area (TPSA) is 106 Å². The van der Waals surface area contributed by atoms with Crippen LogP contribution in [0.3, 0.4) is 0 Å². The molecule has 0 bridgehead atoms. The number of anilines is 1. The van der Waals surface area contributed by atoms with Gasteiger partial charge in [0.05, 0.1) is 11.0 Å². The molecule has 0 unspecified atom stereocenters. The van der Waals surface area contributed by atoms with Gasteiger partial charge in [-0.3, -0.25) is 10.1 Å². The van der Waals surface area contributed by atoms with E-state index in [0.29, 0.717) is 0 Å². The molecule has 0 saturated heterocycles. The van der Waals surface area contributed by atoms with Crippen LogP contribution >= 0.6 is 0 Å². The normalized spacial score (nSPS) is 10.0. The molecule has 0 aliphatic heterocycles. The summed E-state index contributed by atoms with van der Waals surface area (Å²) in [5.41, 5.74) is 1.37. The number of nitro benzene ring substituents is 1. The number of carboxylic acids is 1. The third-order valence-electron chi connectivity index (χ3n) is 1.64. The maximum absolute atomic E-state index is 13.1. The summed E-state index contributed by atoms with van der Waals surface area (Å²) in [6, 6.07) is 0.266. The highest BCUT2D eigenvalue weighted by Crippen LogP contribution is 2.28. The molecule has 8 heteroatoms. The fourth-order valence-corrected chi connectivity index (χ4v) is 0.969. The van der Waals surface area contributed by atoms with Crippen molar-refractivity contribution in [2.24, 2.45) is 0 Å². The molecule has 1 rings (SSSR count). The van der Waals surface area contributed by atoms with Crippen molar-refractivity contribution in [3.8, 4) is 0 Å². The molecule has 0 aliphatic carbocycles. The Bertz CT molecular complexity index is 461. The van der Waals surface area contributed by atoms with E-state index in [1.165, 1.54) is 0 Å². The van der Waals surface area contributed by atoms with Crippen molar-refractivity contribution in [3.05, 3.63) is 33.4 Å². The van der Waals surface area contributed by atoms with Crippen molar-refractivity contribution in [1.29, 1.82) is 0 Å². The molecule has 1 aromatic carbocycles. The van der Waals surface area contributed by atoms with E-state index in [0.717, 1.165) is 0 Å². The van der Waals surface area contributed by atoms with Gasteiger partial charge in [-0.1, -0.05) is 0 Å². The summed E-state index contributed by atoms with van der Waals surface area (Å²) in [6.45, 7) is 0. The van der Waals surface area contributed by atoms with Crippen LogP contribution in [0.25, 0.3) is 0 Å². The minimum atomic E-state index is -1.88. The molecule has 0 atom stereocenters. The lowest BCUT2D eigenvalue weighted by Crippen LogP contribution is -2.10. The highest BCUT2D eigenvalue weighted by Gasteiger charge is 2.28. The van der Waals surface area contributed by atoms with Crippen molar-refractivity contribution < 1.29 is 23.6 Å². The first-order valence-corrected chi connectivity index (χ1v) is 3.51. The molecule has 6 nitrogen and oxygen atoms in total. The van der Waals surface area contributed by atoms with E-state index in [1.54, 1.807) is 0 Å². The smallest absolute Gasteiger partial charge is 0.345 e. The third kappa shape index (κ3) is 1.68. The molecular weight excluding hydrogens is 214 g/mol. The van der Waals surface area contributed by atoms with Gasteiger partial charge in [0.15, 0.2) is 17.2 Å². The van der Waals surface area contributed by atoms with Crippen molar-refractivity contribution in [1.82, 2.24) is 0 Å². The van der Waals surface area contributed by atoms with Crippen molar-refractivity contribution in [3.63, 3.8) is 0 Å². The Kier molecular flexibility index (Phi) is 2.51. The summed E-state index contributed by atoms with van der Waals surface area (Å²) >= 11 is 0.